The van der Waals surface area contributed by atoms with E-state index in [-0.39, 0.29) is 31.0 Å². The van der Waals surface area contributed by atoms with Gasteiger partial charge in [0, 0.05) is 25.8 Å². The topological polar surface area (TPSA) is 76.1 Å². The first-order valence-electron chi connectivity index (χ1n) is 7.21. The van der Waals surface area contributed by atoms with Crippen molar-refractivity contribution in [1.82, 2.24) is 4.90 Å². The van der Waals surface area contributed by atoms with E-state index in [1.54, 1.807) is 4.90 Å². The van der Waals surface area contributed by atoms with Crippen molar-refractivity contribution in [2.45, 2.75) is 51.7 Å². The minimum absolute atomic E-state index is 0.0197. The fraction of sp³-hybridized carbons (Fsp3) is 0.857. The van der Waals surface area contributed by atoms with E-state index in [0.717, 1.165) is 12.8 Å². The van der Waals surface area contributed by atoms with Crippen LogP contribution in [0.2, 0.25) is 0 Å². The Morgan fingerprint density at radius 2 is 1.95 bits per heavy atom. The molecule has 1 rings (SSSR count). The quantitative estimate of drug-likeness (QED) is 0.728. The van der Waals surface area contributed by atoms with E-state index in [0.29, 0.717) is 26.2 Å². The number of hydrogen-bond donors (Lipinski definition) is 1. The molecule has 1 N–H and O–H groups in total. The fourth-order valence-corrected chi connectivity index (χ4v) is 2.25. The van der Waals surface area contributed by atoms with Crippen LogP contribution < -0.4 is 0 Å². The van der Waals surface area contributed by atoms with Gasteiger partial charge in [-0.25, -0.2) is 0 Å². The maximum absolute atomic E-state index is 12.2. The van der Waals surface area contributed by atoms with Gasteiger partial charge in [0.2, 0.25) is 5.91 Å². The van der Waals surface area contributed by atoms with Crippen LogP contribution in [0.25, 0.3) is 0 Å². The van der Waals surface area contributed by atoms with Crippen LogP contribution in [-0.2, 0) is 19.1 Å². The molecule has 1 fully saturated rings. The van der Waals surface area contributed by atoms with Crippen molar-refractivity contribution in [2.75, 3.05) is 26.4 Å². The van der Waals surface area contributed by atoms with Crippen molar-refractivity contribution in [3.63, 3.8) is 0 Å². The van der Waals surface area contributed by atoms with Gasteiger partial charge in [0.1, 0.15) is 0 Å². The molecule has 0 radical (unpaired) electrons. The molecular formula is C14H25NO5. The SMILES string of the molecule is CC(C)OCCC(=O)N(CCC(=O)O)C1CCOCC1. The predicted molar refractivity (Wildman–Crippen MR) is 73.5 cm³/mol. The van der Waals surface area contributed by atoms with Crippen LogP contribution in [0.3, 0.4) is 0 Å². The Kier molecular flexibility index (Phi) is 7.54. The molecule has 1 aliphatic rings. The maximum Gasteiger partial charge on any atom is 0.305 e. The van der Waals surface area contributed by atoms with Crippen LogP contribution in [0.5, 0.6) is 0 Å². The van der Waals surface area contributed by atoms with Gasteiger partial charge < -0.3 is 19.5 Å². The molecule has 0 saturated carbocycles. The van der Waals surface area contributed by atoms with Crippen molar-refractivity contribution >= 4 is 11.9 Å². The predicted octanol–water partition coefficient (Wildman–Crippen LogP) is 1.28. The first kappa shape index (κ1) is 16.9. The molecule has 0 spiro atoms. The molecule has 0 aromatic carbocycles. The van der Waals surface area contributed by atoms with E-state index < -0.39 is 5.97 Å². The number of rotatable bonds is 8. The molecule has 0 atom stereocenters. The van der Waals surface area contributed by atoms with E-state index in [4.69, 9.17) is 14.6 Å². The summed E-state index contributed by atoms with van der Waals surface area (Å²) in [5, 5.41) is 8.80. The molecule has 1 amide bonds. The lowest BCUT2D eigenvalue weighted by atomic mass is 10.1. The van der Waals surface area contributed by atoms with Crippen LogP contribution in [0.4, 0.5) is 0 Å². The summed E-state index contributed by atoms with van der Waals surface area (Å²) in [6.45, 7) is 5.74. The number of amides is 1. The Bertz CT molecular complexity index is 313. The van der Waals surface area contributed by atoms with Crippen molar-refractivity contribution in [3.8, 4) is 0 Å². The van der Waals surface area contributed by atoms with Gasteiger partial charge in [0.05, 0.1) is 25.6 Å². The molecule has 0 aromatic rings. The van der Waals surface area contributed by atoms with Gasteiger partial charge in [0.25, 0.3) is 0 Å². The average molecular weight is 287 g/mol. The van der Waals surface area contributed by atoms with Crippen LogP contribution in [0.1, 0.15) is 39.5 Å². The summed E-state index contributed by atoms with van der Waals surface area (Å²) in [4.78, 5) is 24.7. The van der Waals surface area contributed by atoms with Crippen molar-refractivity contribution in [2.24, 2.45) is 0 Å². The molecule has 1 aliphatic heterocycles. The number of nitrogens with zero attached hydrogens (tertiary/aromatic N) is 1. The average Bonchev–Trinajstić information content (AvgIpc) is 2.39. The van der Waals surface area contributed by atoms with Crippen LogP contribution >= 0.6 is 0 Å². The number of carboxylic acids is 1. The molecule has 6 heteroatoms. The zero-order chi connectivity index (χ0) is 15.0. The maximum atomic E-state index is 12.2. The summed E-state index contributed by atoms with van der Waals surface area (Å²) in [5.74, 6) is -0.910. The number of carbonyl (C=O) groups is 2. The Hall–Kier alpha value is -1.14. The highest BCUT2D eigenvalue weighted by Crippen LogP contribution is 2.16. The lowest BCUT2D eigenvalue weighted by Gasteiger charge is -2.34. The summed E-state index contributed by atoms with van der Waals surface area (Å²) >= 11 is 0. The Labute approximate surface area is 120 Å². The van der Waals surface area contributed by atoms with E-state index >= 15 is 0 Å². The van der Waals surface area contributed by atoms with E-state index in [9.17, 15) is 9.59 Å². The lowest BCUT2D eigenvalue weighted by Crippen LogP contribution is -2.44. The van der Waals surface area contributed by atoms with Gasteiger partial charge in [-0.2, -0.15) is 0 Å². The summed E-state index contributed by atoms with van der Waals surface area (Å²) in [6, 6.07) is 0.0923. The van der Waals surface area contributed by atoms with Crippen LogP contribution in [0, 0.1) is 0 Å². The molecule has 1 heterocycles. The molecule has 6 nitrogen and oxygen atoms in total. The number of aliphatic carboxylic acids is 1. The summed E-state index contributed by atoms with van der Waals surface area (Å²) in [5.41, 5.74) is 0. The second-order valence-corrected chi connectivity index (χ2v) is 5.24. The number of carboxylic acid groups (broad SMARTS) is 1. The highest BCUT2D eigenvalue weighted by atomic mass is 16.5. The zero-order valence-corrected chi connectivity index (χ0v) is 12.3. The normalized spacial score (nSPS) is 16.4. The van der Waals surface area contributed by atoms with Crippen molar-refractivity contribution in [3.05, 3.63) is 0 Å². The Balaban J connectivity index is 2.50. The van der Waals surface area contributed by atoms with Crippen LogP contribution in [-0.4, -0.2) is 60.4 Å². The number of hydrogen-bond acceptors (Lipinski definition) is 4. The first-order valence-corrected chi connectivity index (χ1v) is 7.21. The minimum atomic E-state index is -0.881. The van der Waals surface area contributed by atoms with Gasteiger partial charge in [0.15, 0.2) is 0 Å². The second kappa shape index (κ2) is 8.92. The molecule has 0 aliphatic carbocycles. The molecule has 116 valence electrons. The van der Waals surface area contributed by atoms with Gasteiger partial charge in [-0.05, 0) is 26.7 Å². The highest BCUT2D eigenvalue weighted by molar-refractivity contribution is 5.77. The molecule has 0 bridgehead atoms. The first-order chi connectivity index (χ1) is 9.50. The lowest BCUT2D eigenvalue weighted by molar-refractivity contribution is -0.140. The third-order valence-electron chi connectivity index (χ3n) is 3.29. The molecule has 0 unspecified atom stereocenters. The third-order valence-corrected chi connectivity index (χ3v) is 3.29. The summed E-state index contributed by atoms with van der Waals surface area (Å²) < 4.78 is 10.7. The number of ether oxygens (including phenoxy) is 2. The molecule has 20 heavy (non-hydrogen) atoms. The largest absolute Gasteiger partial charge is 0.481 e. The summed E-state index contributed by atoms with van der Waals surface area (Å²) in [6.07, 6.45) is 1.93. The molecular weight excluding hydrogens is 262 g/mol. The Morgan fingerprint density at radius 1 is 1.30 bits per heavy atom. The molecule has 1 saturated heterocycles. The monoisotopic (exact) mass is 287 g/mol. The standard InChI is InChI=1S/C14H25NO5/c1-11(2)20-10-6-13(16)15(7-3-14(17)18)12-4-8-19-9-5-12/h11-12H,3-10H2,1-2H3,(H,17,18). The van der Waals surface area contributed by atoms with E-state index in [1.807, 2.05) is 13.8 Å². The van der Waals surface area contributed by atoms with Crippen molar-refractivity contribution in [1.29, 1.82) is 0 Å². The minimum Gasteiger partial charge on any atom is -0.481 e. The van der Waals surface area contributed by atoms with E-state index in [1.165, 1.54) is 0 Å². The van der Waals surface area contributed by atoms with Gasteiger partial charge >= 0.3 is 5.97 Å². The molecule has 0 aromatic heterocycles. The summed E-state index contributed by atoms with van der Waals surface area (Å²) in [7, 11) is 0. The fourth-order valence-electron chi connectivity index (χ4n) is 2.25. The van der Waals surface area contributed by atoms with E-state index in [2.05, 4.69) is 0 Å². The number of carbonyl (C=O) groups excluding carboxylic acids is 1. The van der Waals surface area contributed by atoms with Gasteiger partial charge in [-0.1, -0.05) is 0 Å². The third kappa shape index (κ3) is 6.34. The second-order valence-electron chi connectivity index (χ2n) is 5.24. The Morgan fingerprint density at radius 3 is 2.50 bits per heavy atom. The van der Waals surface area contributed by atoms with Gasteiger partial charge in [-0.15, -0.1) is 0 Å². The van der Waals surface area contributed by atoms with Gasteiger partial charge in [-0.3, -0.25) is 9.59 Å². The smallest absolute Gasteiger partial charge is 0.305 e. The van der Waals surface area contributed by atoms with Crippen LogP contribution in [0.15, 0.2) is 0 Å². The highest BCUT2D eigenvalue weighted by Gasteiger charge is 2.25. The van der Waals surface area contributed by atoms with Crippen molar-refractivity contribution < 1.29 is 24.2 Å². The zero-order valence-electron chi connectivity index (χ0n) is 12.3.